The van der Waals surface area contributed by atoms with Crippen LogP contribution in [0.1, 0.15) is 93.2 Å². The summed E-state index contributed by atoms with van der Waals surface area (Å²) in [7, 11) is 0. The van der Waals surface area contributed by atoms with Gasteiger partial charge in [0.1, 0.15) is 11.9 Å². The molecule has 2 aliphatic carbocycles. The van der Waals surface area contributed by atoms with Gasteiger partial charge in [0.05, 0.1) is 12.2 Å². The van der Waals surface area contributed by atoms with E-state index in [1.807, 2.05) is 12.1 Å². The molecule has 0 N–H and O–H groups in total. The summed E-state index contributed by atoms with van der Waals surface area (Å²) in [6.07, 6.45) is 11.8. The number of carbonyl (C=O) groups excluding carboxylic acids is 1. The second-order valence-corrected chi connectivity index (χ2v) is 10.1. The van der Waals surface area contributed by atoms with Crippen LogP contribution in [0.2, 0.25) is 0 Å². The molecule has 0 unspecified atom stereocenters. The third kappa shape index (κ3) is 7.13. The van der Waals surface area contributed by atoms with Crippen molar-refractivity contribution in [1.29, 1.82) is 0 Å². The summed E-state index contributed by atoms with van der Waals surface area (Å²) < 4.78 is 16.5. The topological polar surface area (TPSA) is 44.8 Å². The van der Waals surface area contributed by atoms with Gasteiger partial charge >= 0.3 is 5.97 Å². The Balaban J connectivity index is 1.18. The molecule has 2 aromatic carbocycles. The van der Waals surface area contributed by atoms with E-state index in [2.05, 4.69) is 49.9 Å². The average molecular weight is 477 g/mol. The number of benzene rings is 2. The van der Waals surface area contributed by atoms with Crippen molar-refractivity contribution in [3.63, 3.8) is 0 Å². The summed E-state index contributed by atoms with van der Waals surface area (Å²) >= 11 is 0. The quantitative estimate of drug-likeness (QED) is 0.153. The van der Waals surface area contributed by atoms with E-state index in [9.17, 15) is 4.79 Å². The Labute approximate surface area is 210 Å². The molecule has 0 atom stereocenters. The van der Waals surface area contributed by atoms with Gasteiger partial charge in [-0.15, -0.1) is 0 Å². The largest absolute Gasteiger partial charge is 0.466 e. The molecule has 2 aromatic rings. The Morgan fingerprint density at radius 1 is 0.857 bits per heavy atom. The fraction of sp³-hybridized carbons (Fsp3) is 0.516. The van der Waals surface area contributed by atoms with E-state index in [-0.39, 0.29) is 24.8 Å². The molecule has 0 saturated heterocycles. The maximum absolute atomic E-state index is 12.9. The van der Waals surface area contributed by atoms with Gasteiger partial charge < -0.3 is 14.2 Å². The second kappa shape index (κ2) is 12.8. The van der Waals surface area contributed by atoms with Crippen LogP contribution in [-0.2, 0) is 20.7 Å². The molecule has 2 aliphatic rings. The molecule has 0 aromatic heterocycles. The van der Waals surface area contributed by atoms with Gasteiger partial charge in [0.15, 0.2) is 0 Å². The molecular formula is C31H40O4. The van der Waals surface area contributed by atoms with E-state index in [1.54, 1.807) is 0 Å². The van der Waals surface area contributed by atoms with E-state index >= 15 is 0 Å². The minimum atomic E-state index is 0.0356. The zero-order valence-electron chi connectivity index (χ0n) is 21.1. The first kappa shape index (κ1) is 25.3. The normalized spacial score (nSPS) is 24.4. The predicted octanol–water partition coefficient (Wildman–Crippen LogP) is 7.68. The highest BCUT2D eigenvalue weighted by molar-refractivity contribution is 5.72. The lowest BCUT2D eigenvalue weighted by Gasteiger charge is -2.32. The molecule has 2 fully saturated rings. The maximum atomic E-state index is 12.9. The van der Waals surface area contributed by atoms with Crippen LogP contribution in [-0.4, -0.2) is 18.9 Å². The number of hydrogen-bond acceptors (Lipinski definition) is 4. The van der Waals surface area contributed by atoms with Crippen molar-refractivity contribution in [2.75, 3.05) is 6.79 Å². The van der Waals surface area contributed by atoms with Gasteiger partial charge in [-0.05, 0) is 98.4 Å². The van der Waals surface area contributed by atoms with Crippen LogP contribution in [0.3, 0.4) is 0 Å². The van der Waals surface area contributed by atoms with Crippen LogP contribution in [0.5, 0.6) is 5.75 Å². The lowest BCUT2D eigenvalue weighted by atomic mass is 9.78. The lowest BCUT2D eigenvalue weighted by molar-refractivity contribution is -0.157. The summed E-state index contributed by atoms with van der Waals surface area (Å²) in [5, 5.41) is 0. The van der Waals surface area contributed by atoms with Crippen LogP contribution < -0.4 is 4.74 Å². The minimum absolute atomic E-state index is 0.0356. The summed E-state index contributed by atoms with van der Waals surface area (Å²) in [6, 6.07) is 17.4. The molecule has 4 nitrogen and oxygen atoms in total. The molecule has 0 heterocycles. The van der Waals surface area contributed by atoms with Gasteiger partial charge in [-0.2, -0.15) is 0 Å². The highest BCUT2D eigenvalue weighted by atomic mass is 16.7. The molecule has 4 heteroatoms. The zero-order chi connectivity index (χ0) is 24.5. The summed E-state index contributed by atoms with van der Waals surface area (Å²) in [5.74, 6) is 2.00. The summed E-state index contributed by atoms with van der Waals surface area (Å²) in [4.78, 5) is 12.9. The third-order valence-electron chi connectivity index (χ3n) is 7.77. The molecule has 0 amide bonds. The Morgan fingerprint density at radius 3 is 2.00 bits per heavy atom. The Bertz CT molecular complexity index is 917. The van der Waals surface area contributed by atoms with Crippen LogP contribution in [0.4, 0.5) is 0 Å². The highest BCUT2D eigenvalue weighted by Crippen LogP contribution is 2.38. The van der Waals surface area contributed by atoms with Gasteiger partial charge in [0.2, 0.25) is 6.79 Å². The molecular weight excluding hydrogens is 436 g/mol. The number of rotatable bonds is 10. The fourth-order valence-electron chi connectivity index (χ4n) is 5.67. The van der Waals surface area contributed by atoms with Crippen molar-refractivity contribution in [2.45, 2.75) is 89.1 Å². The molecule has 0 radical (unpaired) electrons. The number of carbonyl (C=O) groups is 1. The third-order valence-corrected chi connectivity index (χ3v) is 7.77. The molecule has 0 bridgehead atoms. The first-order valence-electron chi connectivity index (χ1n) is 13.4. The number of aryl methyl sites for hydroxylation is 1. The van der Waals surface area contributed by atoms with Crippen LogP contribution in [0.15, 0.2) is 61.4 Å². The van der Waals surface area contributed by atoms with Crippen molar-refractivity contribution in [3.05, 3.63) is 78.1 Å². The first-order chi connectivity index (χ1) is 17.2. The SMILES string of the molecule is C=COCOc1ccc(C2CCC(OC(=O)C3CCC(c4ccc(CCC)cc4)CC3)CC2)cc1. The monoisotopic (exact) mass is 476 g/mol. The molecule has 2 saturated carbocycles. The minimum Gasteiger partial charge on any atom is -0.466 e. The smallest absolute Gasteiger partial charge is 0.309 e. The van der Waals surface area contributed by atoms with Gasteiger partial charge in [-0.25, -0.2) is 0 Å². The Hall–Kier alpha value is -2.75. The highest BCUT2D eigenvalue weighted by Gasteiger charge is 2.31. The fourth-order valence-corrected chi connectivity index (χ4v) is 5.67. The second-order valence-electron chi connectivity index (χ2n) is 10.1. The molecule has 0 aliphatic heterocycles. The zero-order valence-corrected chi connectivity index (χ0v) is 21.1. The van der Waals surface area contributed by atoms with Crippen LogP contribution in [0, 0.1) is 5.92 Å². The predicted molar refractivity (Wildman–Crippen MR) is 139 cm³/mol. The van der Waals surface area contributed by atoms with Crippen molar-refractivity contribution in [1.82, 2.24) is 0 Å². The first-order valence-corrected chi connectivity index (χ1v) is 13.4. The van der Waals surface area contributed by atoms with Gasteiger partial charge in [0.25, 0.3) is 0 Å². The van der Waals surface area contributed by atoms with E-state index in [0.29, 0.717) is 11.8 Å². The Morgan fingerprint density at radius 2 is 1.43 bits per heavy atom. The van der Waals surface area contributed by atoms with E-state index < -0.39 is 0 Å². The Kier molecular flexibility index (Phi) is 9.28. The van der Waals surface area contributed by atoms with E-state index in [1.165, 1.54) is 29.4 Å². The number of esters is 1. The maximum Gasteiger partial charge on any atom is 0.309 e. The van der Waals surface area contributed by atoms with Crippen molar-refractivity contribution >= 4 is 5.97 Å². The number of hydrogen-bond donors (Lipinski definition) is 0. The van der Waals surface area contributed by atoms with Gasteiger partial charge in [-0.1, -0.05) is 56.3 Å². The van der Waals surface area contributed by atoms with Crippen molar-refractivity contribution in [3.8, 4) is 5.75 Å². The average Bonchev–Trinajstić information content (AvgIpc) is 2.90. The standard InChI is InChI=1S/C31H40O4/c1-3-5-23-6-8-24(9-7-23)25-10-12-28(13-11-25)31(32)35-30-20-16-27(17-21-30)26-14-18-29(19-15-26)34-22-33-4-2/h4,6-9,14-15,18-19,25,27-28,30H,2-3,5,10-13,16-17,20-22H2,1H3. The van der Waals surface area contributed by atoms with Crippen molar-refractivity contribution < 1.29 is 19.0 Å². The van der Waals surface area contributed by atoms with Gasteiger partial charge in [0, 0.05) is 0 Å². The van der Waals surface area contributed by atoms with Gasteiger partial charge in [-0.3, -0.25) is 4.79 Å². The molecule has 35 heavy (non-hydrogen) atoms. The van der Waals surface area contributed by atoms with Crippen molar-refractivity contribution in [2.24, 2.45) is 5.92 Å². The summed E-state index contributed by atoms with van der Waals surface area (Å²) in [6.45, 7) is 5.90. The molecule has 0 spiro atoms. The van der Waals surface area contributed by atoms with E-state index in [4.69, 9.17) is 14.2 Å². The van der Waals surface area contributed by atoms with Crippen LogP contribution in [0.25, 0.3) is 0 Å². The molecule has 4 rings (SSSR count). The number of ether oxygens (including phenoxy) is 3. The molecule has 188 valence electrons. The lowest BCUT2D eigenvalue weighted by Crippen LogP contribution is -2.29. The summed E-state index contributed by atoms with van der Waals surface area (Å²) in [5.41, 5.74) is 4.18. The van der Waals surface area contributed by atoms with E-state index in [0.717, 1.165) is 63.5 Å². The van der Waals surface area contributed by atoms with Crippen LogP contribution >= 0.6 is 0 Å².